The van der Waals surface area contributed by atoms with Gasteiger partial charge in [-0.05, 0) is 31.0 Å². The molecule has 1 aromatic carbocycles. The number of morpholine rings is 1. The number of ether oxygens (including phenoxy) is 1. The van der Waals surface area contributed by atoms with Crippen molar-refractivity contribution in [3.63, 3.8) is 0 Å². The molecule has 1 fully saturated rings. The van der Waals surface area contributed by atoms with Crippen molar-refractivity contribution >= 4 is 17.5 Å². The third kappa shape index (κ3) is 4.49. The molecule has 0 spiro atoms. The normalized spacial score (nSPS) is 20.8. The monoisotopic (exact) mass is 282 g/mol. The molecule has 1 saturated heterocycles. The molecule has 1 aromatic rings. The molecule has 0 bridgehead atoms. The number of hydrogen-bond donors (Lipinski definition) is 2. The minimum absolute atomic E-state index is 0.0523. The van der Waals surface area contributed by atoms with Gasteiger partial charge in [0.25, 0.3) is 5.91 Å². The maximum Gasteiger partial charge on any atom is 0.250 e. The minimum Gasteiger partial charge on any atom is -0.366 e. The molecule has 5 heteroatoms. The molecule has 2 atom stereocenters. The van der Waals surface area contributed by atoms with Crippen molar-refractivity contribution in [1.82, 2.24) is 10.6 Å². The summed E-state index contributed by atoms with van der Waals surface area (Å²) >= 11 is 5.94. The fourth-order valence-electron chi connectivity index (χ4n) is 2.14. The first-order chi connectivity index (χ1) is 9.15. The molecule has 104 valence electrons. The van der Waals surface area contributed by atoms with Gasteiger partial charge >= 0.3 is 0 Å². The Labute approximate surface area is 118 Å². The van der Waals surface area contributed by atoms with E-state index in [-0.39, 0.29) is 18.1 Å². The van der Waals surface area contributed by atoms with Crippen molar-refractivity contribution in [3.8, 4) is 0 Å². The Morgan fingerprint density at radius 3 is 3.16 bits per heavy atom. The van der Waals surface area contributed by atoms with Crippen molar-refractivity contribution in [2.75, 3.05) is 19.7 Å². The topological polar surface area (TPSA) is 50.4 Å². The van der Waals surface area contributed by atoms with E-state index in [0.717, 1.165) is 23.6 Å². The highest BCUT2D eigenvalue weighted by molar-refractivity contribution is 6.30. The lowest BCUT2D eigenvalue weighted by Crippen LogP contribution is -2.50. The Morgan fingerprint density at radius 2 is 2.47 bits per heavy atom. The molecule has 0 saturated carbocycles. The SMILES string of the molecule is CC(Cc1cccc(Cl)c1)NC(=O)C1CNCCO1. The predicted molar refractivity (Wildman–Crippen MR) is 75.4 cm³/mol. The smallest absolute Gasteiger partial charge is 0.250 e. The van der Waals surface area contributed by atoms with Crippen molar-refractivity contribution in [2.45, 2.75) is 25.5 Å². The third-order valence-corrected chi connectivity index (χ3v) is 3.27. The fourth-order valence-corrected chi connectivity index (χ4v) is 2.35. The highest BCUT2D eigenvalue weighted by Gasteiger charge is 2.22. The van der Waals surface area contributed by atoms with E-state index in [4.69, 9.17) is 16.3 Å². The van der Waals surface area contributed by atoms with Gasteiger partial charge in [0.2, 0.25) is 0 Å². The van der Waals surface area contributed by atoms with Gasteiger partial charge in [0.15, 0.2) is 0 Å². The average Bonchev–Trinajstić information content (AvgIpc) is 2.39. The second-order valence-corrected chi connectivity index (χ2v) is 5.24. The van der Waals surface area contributed by atoms with Crippen LogP contribution in [0.25, 0.3) is 0 Å². The summed E-state index contributed by atoms with van der Waals surface area (Å²) in [5, 5.41) is 6.83. The Morgan fingerprint density at radius 1 is 1.63 bits per heavy atom. The molecule has 1 heterocycles. The van der Waals surface area contributed by atoms with Gasteiger partial charge < -0.3 is 15.4 Å². The lowest BCUT2D eigenvalue weighted by Gasteiger charge is -2.24. The van der Waals surface area contributed by atoms with E-state index in [1.807, 2.05) is 31.2 Å². The van der Waals surface area contributed by atoms with Crippen LogP contribution < -0.4 is 10.6 Å². The third-order valence-electron chi connectivity index (χ3n) is 3.04. The van der Waals surface area contributed by atoms with Crippen LogP contribution in [0.15, 0.2) is 24.3 Å². The van der Waals surface area contributed by atoms with Crippen LogP contribution in [0.3, 0.4) is 0 Å². The van der Waals surface area contributed by atoms with E-state index in [1.54, 1.807) is 0 Å². The summed E-state index contributed by atoms with van der Waals surface area (Å²) < 4.78 is 5.41. The largest absolute Gasteiger partial charge is 0.366 e. The Bertz CT molecular complexity index is 433. The molecule has 0 radical (unpaired) electrons. The van der Waals surface area contributed by atoms with Gasteiger partial charge in [0.1, 0.15) is 6.10 Å². The molecule has 1 aliphatic rings. The first-order valence-electron chi connectivity index (χ1n) is 6.52. The van der Waals surface area contributed by atoms with Gasteiger partial charge in [-0.15, -0.1) is 0 Å². The second kappa shape index (κ2) is 6.89. The lowest BCUT2D eigenvalue weighted by atomic mass is 10.1. The zero-order valence-corrected chi connectivity index (χ0v) is 11.7. The Kier molecular flexibility index (Phi) is 5.19. The number of halogens is 1. The lowest BCUT2D eigenvalue weighted by molar-refractivity contribution is -0.134. The molecule has 2 rings (SSSR count). The molecule has 1 aliphatic heterocycles. The van der Waals surface area contributed by atoms with Gasteiger partial charge in [-0.1, -0.05) is 23.7 Å². The minimum atomic E-state index is -0.379. The quantitative estimate of drug-likeness (QED) is 0.877. The summed E-state index contributed by atoms with van der Waals surface area (Å²) in [5.41, 5.74) is 1.11. The maximum atomic E-state index is 12.0. The molecular formula is C14H19ClN2O2. The molecule has 19 heavy (non-hydrogen) atoms. The predicted octanol–water partition coefficient (Wildman–Crippen LogP) is 1.38. The number of rotatable bonds is 4. The van der Waals surface area contributed by atoms with Crippen LogP contribution in [0.5, 0.6) is 0 Å². The molecule has 1 amide bonds. The van der Waals surface area contributed by atoms with Crippen molar-refractivity contribution in [1.29, 1.82) is 0 Å². The van der Waals surface area contributed by atoms with Crippen LogP contribution in [0.1, 0.15) is 12.5 Å². The Hall–Kier alpha value is -1.10. The van der Waals surface area contributed by atoms with Crippen LogP contribution in [0.4, 0.5) is 0 Å². The Balaban J connectivity index is 1.83. The number of hydrogen-bond acceptors (Lipinski definition) is 3. The average molecular weight is 283 g/mol. The summed E-state index contributed by atoms with van der Waals surface area (Å²) in [4.78, 5) is 12.0. The first kappa shape index (κ1) is 14.3. The molecule has 4 nitrogen and oxygen atoms in total. The van der Waals surface area contributed by atoms with Gasteiger partial charge in [-0.3, -0.25) is 4.79 Å². The molecule has 0 aliphatic carbocycles. The molecular weight excluding hydrogens is 264 g/mol. The van der Waals surface area contributed by atoms with Gasteiger partial charge in [-0.2, -0.15) is 0 Å². The van der Waals surface area contributed by atoms with Gasteiger partial charge in [-0.25, -0.2) is 0 Å². The molecule has 2 unspecified atom stereocenters. The maximum absolute atomic E-state index is 12.0. The number of nitrogens with one attached hydrogen (secondary N) is 2. The van der Waals surface area contributed by atoms with Crippen molar-refractivity contribution in [3.05, 3.63) is 34.9 Å². The highest BCUT2D eigenvalue weighted by atomic mass is 35.5. The number of carbonyl (C=O) groups is 1. The van der Waals surface area contributed by atoms with Crippen LogP contribution >= 0.6 is 11.6 Å². The van der Waals surface area contributed by atoms with Crippen LogP contribution in [0, 0.1) is 0 Å². The van der Waals surface area contributed by atoms with E-state index in [9.17, 15) is 4.79 Å². The number of amides is 1. The molecule has 0 aromatic heterocycles. The van der Waals surface area contributed by atoms with Crippen molar-refractivity contribution < 1.29 is 9.53 Å². The number of benzene rings is 1. The van der Waals surface area contributed by atoms with E-state index >= 15 is 0 Å². The van der Waals surface area contributed by atoms with E-state index in [2.05, 4.69) is 10.6 Å². The van der Waals surface area contributed by atoms with E-state index in [1.165, 1.54) is 0 Å². The standard InChI is InChI=1S/C14H19ClN2O2/c1-10(7-11-3-2-4-12(15)8-11)17-14(18)13-9-16-5-6-19-13/h2-4,8,10,13,16H,5-7,9H2,1H3,(H,17,18). The summed E-state index contributed by atoms with van der Waals surface area (Å²) in [6.07, 6.45) is 0.377. The summed E-state index contributed by atoms with van der Waals surface area (Å²) in [6, 6.07) is 7.74. The fraction of sp³-hybridized carbons (Fsp3) is 0.500. The van der Waals surface area contributed by atoms with E-state index < -0.39 is 0 Å². The van der Waals surface area contributed by atoms with E-state index in [0.29, 0.717) is 13.2 Å². The summed E-state index contributed by atoms with van der Waals surface area (Å²) in [7, 11) is 0. The van der Waals surface area contributed by atoms with Gasteiger partial charge in [0.05, 0.1) is 6.61 Å². The van der Waals surface area contributed by atoms with Crippen LogP contribution in [0.2, 0.25) is 5.02 Å². The summed E-state index contributed by atoms with van der Waals surface area (Å²) in [6.45, 7) is 3.95. The zero-order chi connectivity index (χ0) is 13.7. The van der Waals surface area contributed by atoms with Crippen LogP contribution in [-0.2, 0) is 16.0 Å². The molecule has 2 N–H and O–H groups in total. The zero-order valence-electron chi connectivity index (χ0n) is 11.0. The van der Waals surface area contributed by atoms with Crippen molar-refractivity contribution in [2.24, 2.45) is 0 Å². The highest BCUT2D eigenvalue weighted by Crippen LogP contribution is 2.12. The first-order valence-corrected chi connectivity index (χ1v) is 6.90. The number of carbonyl (C=O) groups excluding carboxylic acids is 1. The second-order valence-electron chi connectivity index (χ2n) is 4.81. The van der Waals surface area contributed by atoms with Gasteiger partial charge in [0, 0.05) is 24.2 Å². The van der Waals surface area contributed by atoms with Crippen LogP contribution in [-0.4, -0.2) is 37.7 Å². The summed E-state index contributed by atoms with van der Waals surface area (Å²) in [5.74, 6) is -0.0540.